The smallest absolute Gasteiger partial charge is 0.322 e. The van der Waals surface area contributed by atoms with Gasteiger partial charge in [-0.05, 0) is 47.4 Å². The standard InChI is InChI=1S/C24H23FN2O3/c1-29-19-11-12-22(30-2)21(15-19)26-24(28)27-14-13-16-5-3-4-6-20(16)23(27)17-7-9-18(25)10-8-17/h3-12,15,23H,13-14H2,1-2H3,(H,26,28)/t23-/m1/s1. The number of rotatable bonds is 4. The Kier molecular flexibility index (Phi) is 5.57. The molecule has 30 heavy (non-hydrogen) atoms. The van der Waals surface area contributed by atoms with Crippen LogP contribution in [0.3, 0.4) is 0 Å². The quantitative estimate of drug-likeness (QED) is 0.662. The zero-order valence-corrected chi connectivity index (χ0v) is 16.9. The molecular weight excluding hydrogens is 383 g/mol. The number of hydrogen-bond donors (Lipinski definition) is 1. The van der Waals surface area contributed by atoms with Gasteiger partial charge in [-0.1, -0.05) is 36.4 Å². The lowest BCUT2D eigenvalue weighted by molar-refractivity contribution is 0.194. The first-order valence-corrected chi connectivity index (χ1v) is 9.73. The van der Waals surface area contributed by atoms with E-state index in [0.717, 1.165) is 17.5 Å². The molecule has 6 heteroatoms. The third kappa shape index (κ3) is 3.81. The maximum Gasteiger partial charge on any atom is 0.322 e. The van der Waals surface area contributed by atoms with Gasteiger partial charge < -0.3 is 19.7 Å². The van der Waals surface area contributed by atoms with Gasteiger partial charge in [-0.25, -0.2) is 9.18 Å². The first-order chi connectivity index (χ1) is 14.6. The molecule has 5 nitrogen and oxygen atoms in total. The SMILES string of the molecule is COc1ccc(OC)c(NC(=O)N2CCc3ccccc3[C@H]2c2ccc(F)cc2)c1. The van der Waals surface area contributed by atoms with Crippen molar-refractivity contribution in [3.05, 3.63) is 89.2 Å². The Morgan fingerprint density at radius 2 is 1.80 bits per heavy atom. The number of hydrogen-bond acceptors (Lipinski definition) is 3. The highest BCUT2D eigenvalue weighted by Gasteiger charge is 2.32. The predicted molar refractivity (Wildman–Crippen MR) is 114 cm³/mol. The van der Waals surface area contributed by atoms with Crippen LogP contribution in [0.1, 0.15) is 22.7 Å². The Balaban J connectivity index is 1.70. The van der Waals surface area contributed by atoms with Crippen LogP contribution in [0, 0.1) is 5.82 Å². The molecule has 0 aromatic heterocycles. The maximum absolute atomic E-state index is 13.5. The summed E-state index contributed by atoms with van der Waals surface area (Å²) in [6.07, 6.45) is 0.747. The minimum Gasteiger partial charge on any atom is -0.497 e. The van der Waals surface area contributed by atoms with E-state index in [4.69, 9.17) is 9.47 Å². The monoisotopic (exact) mass is 406 g/mol. The number of benzene rings is 3. The van der Waals surface area contributed by atoms with Gasteiger partial charge in [-0.3, -0.25) is 0 Å². The van der Waals surface area contributed by atoms with E-state index < -0.39 is 0 Å². The fourth-order valence-corrected chi connectivity index (χ4v) is 3.89. The summed E-state index contributed by atoms with van der Waals surface area (Å²) in [7, 11) is 3.12. The summed E-state index contributed by atoms with van der Waals surface area (Å²) >= 11 is 0. The molecule has 1 aliphatic rings. The van der Waals surface area contributed by atoms with Crippen molar-refractivity contribution in [3.8, 4) is 11.5 Å². The van der Waals surface area contributed by atoms with Crippen molar-refractivity contribution in [1.82, 2.24) is 4.90 Å². The summed E-state index contributed by atoms with van der Waals surface area (Å²) in [5.41, 5.74) is 3.62. The molecule has 2 amide bonds. The highest BCUT2D eigenvalue weighted by Crippen LogP contribution is 2.36. The molecule has 154 valence electrons. The number of anilines is 1. The minimum absolute atomic E-state index is 0.259. The summed E-state index contributed by atoms with van der Waals surface area (Å²) in [5.74, 6) is 0.852. The van der Waals surface area contributed by atoms with Gasteiger partial charge in [0.05, 0.1) is 25.9 Å². The highest BCUT2D eigenvalue weighted by atomic mass is 19.1. The van der Waals surface area contributed by atoms with Crippen LogP contribution >= 0.6 is 0 Å². The molecule has 0 fully saturated rings. The topological polar surface area (TPSA) is 50.8 Å². The third-order valence-corrected chi connectivity index (χ3v) is 5.38. The molecule has 0 saturated heterocycles. The molecular formula is C24H23FN2O3. The summed E-state index contributed by atoms with van der Waals surface area (Å²) in [5, 5.41) is 2.96. The van der Waals surface area contributed by atoms with E-state index in [1.807, 2.05) is 18.2 Å². The van der Waals surface area contributed by atoms with Crippen LogP contribution in [-0.4, -0.2) is 31.7 Å². The van der Waals surface area contributed by atoms with Gasteiger partial charge in [-0.15, -0.1) is 0 Å². The van der Waals surface area contributed by atoms with Gasteiger partial charge in [0.1, 0.15) is 17.3 Å². The Bertz CT molecular complexity index is 1050. The van der Waals surface area contributed by atoms with Crippen LogP contribution in [0.15, 0.2) is 66.7 Å². The van der Waals surface area contributed by atoms with Gasteiger partial charge in [-0.2, -0.15) is 0 Å². The zero-order chi connectivity index (χ0) is 21.1. The lowest BCUT2D eigenvalue weighted by Crippen LogP contribution is -2.43. The van der Waals surface area contributed by atoms with Crippen molar-refractivity contribution in [2.45, 2.75) is 12.5 Å². The second kappa shape index (κ2) is 8.45. The molecule has 1 heterocycles. The zero-order valence-electron chi connectivity index (χ0n) is 16.9. The number of carbonyl (C=O) groups excluding carboxylic acids is 1. The van der Waals surface area contributed by atoms with E-state index in [9.17, 15) is 9.18 Å². The average molecular weight is 406 g/mol. The van der Waals surface area contributed by atoms with Crippen LogP contribution in [0.4, 0.5) is 14.9 Å². The molecule has 1 N–H and O–H groups in total. The molecule has 3 aromatic carbocycles. The molecule has 0 aliphatic carbocycles. The van der Waals surface area contributed by atoms with Crippen molar-refractivity contribution in [3.63, 3.8) is 0 Å². The lowest BCUT2D eigenvalue weighted by Gasteiger charge is -2.37. The lowest BCUT2D eigenvalue weighted by atomic mass is 9.88. The maximum atomic E-state index is 13.5. The molecule has 3 aromatic rings. The van der Waals surface area contributed by atoms with Crippen LogP contribution in [0.25, 0.3) is 0 Å². The molecule has 0 radical (unpaired) electrons. The fourth-order valence-electron chi connectivity index (χ4n) is 3.89. The summed E-state index contributed by atoms with van der Waals surface area (Å²) in [6.45, 7) is 0.539. The second-order valence-corrected chi connectivity index (χ2v) is 7.09. The number of carbonyl (C=O) groups is 1. The van der Waals surface area contributed by atoms with Crippen molar-refractivity contribution in [2.24, 2.45) is 0 Å². The van der Waals surface area contributed by atoms with E-state index in [1.165, 1.54) is 17.7 Å². The molecule has 1 atom stereocenters. The average Bonchev–Trinajstić information content (AvgIpc) is 2.78. The largest absolute Gasteiger partial charge is 0.497 e. The number of methoxy groups -OCH3 is 2. The van der Waals surface area contributed by atoms with Gasteiger partial charge in [0.15, 0.2) is 0 Å². The first-order valence-electron chi connectivity index (χ1n) is 9.73. The number of urea groups is 1. The number of amides is 2. The first kappa shape index (κ1) is 19.8. The van der Waals surface area contributed by atoms with E-state index in [-0.39, 0.29) is 17.9 Å². The van der Waals surface area contributed by atoms with Gasteiger partial charge >= 0.3 is 6.03 Å². The molecule has 4 rings (SSSR count). The van der Waals surface area contributed by atoms with Crippen LogP contribution in [0.2, 0.25) is 0 Å². The minimum atomic E-state index is -0.313. The van der Waals surface area contributed by atoms with Crippen molar-refractivity contribution < 1.29 is 18.7 Å². The van der Waals surface area contributed by atoms with Gasteiger partial charge in [0.2, 0.25) is 0 Å². The van der Waals surface area contributed by atoms with E-state index in [1.54, 1.807) is 49.5 Å². The Hall–Kier alpha value is -3.54. The predicted octanol–water partition coefficient (Wildman–Crippen LogP) is 5.02. The molecule has 0 unspecified atom stereocenters. The van der Waals surface area contributed by atoms with E-state index in [0.29, 0.717) is 23.7 Å². The fraction of sp³-hybridized carbons (Fsp3) is 0.208. The molecule has 0 bridgehead atoms. The highest BCUT2D eigenvalue weighted by molar-refractivity contribution is 5.92. The number of fused-ring (bicyclic) bond motifs is 1. The number of nitrogens with one attached hydrogen (secondary N) is 1. The third-order valence-electron chi connectivity index (χ3n) is 5.38. The number of ether oxygens (including phenoxy) is 2. The second-order valence-electron chi connectivity index (χ2n) is 7.09. The molecule has 0 spiro atoms. The molecule has 0 saturated carbocycles. The summed E-state index contributed by atoms with van der Waals surface area (Å²) in [6, 6.07) is 19.0. The van der Waals surface area contributed by atoms with Crippen molar-refractivity contribution in [2.75, 3.05) is 26.1 Å². The Morgan fingerprint density at radius 3 is 2.53 bits per heavy atom. The normalized spacial score (nSPS) is 15.3. The number of halogens is 1. The van der Waals surface area contributed by atoms with Gasteiger partial charge in [0.25, 0.3) is 0 Å². The van der Waals surface area contributed by atoms with E-state index in [2.05, 4.69) is 11.4 Å². The summed E-state index contributed by atoms with van der Waals surface area (Å²) < 4.78 is 24.2. The summed E-state index contributed by atoms with van der Waals surface area (Å²) in [4.78, 5) is 15.1. The van der Waals surface area contributed by atoms with Crippen molar-refractivity contribution in [1.29, 1.82) is 0 Å². The van der Waals surface area contributed by atoms with Gasteiger partial charge in [0, 0.05) is 12.6 Å². The Labute approximate surface area is 175 Å². The van der Waals surface area contributed by atoms with Crippen molar-refractivity contribution >= 4 is 11.7 Å². The Morgan fingerprint density at radius 1 is 1.03 bits per heavy atom. The van der Waals surface area contributed by atoms with E-state index >= 15 is 0 Å². The van der Waals surface area contributed by atoms with Crippen LogP contribution in [0.5, 0.6) is 11.5 Å². The van der Waals surface area contributed by atoms with Crippen LogP contribution in [-0.2, 0) is 6.42 Å². The number of nitrogens with zero attached hydrogens (tertiary/aromatic N) is 1. The van der Waals surface area contributed by atoms with Crippen LogP contribution < -0.4 is 14.8 Å². The molecule has 1 aliphatic heterocycles.